The monoisotopic (exact) mass is 411 g/mol. The zero-order valence-electron chi connectivity index (χ0n) is 17.6. The van der Waals surface area contributed by atoms with Crippen molar-refractivity contribution in [3.63, 3.8) is 0 Å². The maximum absolute atomic E-state index is 5.77. The maximum Gasteiger partial charge on any atom is 0.170 e. The molecule has 1 aliphatic carbocycles. The normalized spacial score (nSPS) is 23.0. The van der Waals surface area contributed by atoms with Crippen LogP contribution in [0.3, 0.4) is 0 Å². The second kappa shape index (κ2) is 9.26. The lowest BCUT2D eigenvalue weighted by Gasteiger charge is -2.28. The van der Waals surface area contributed by atoms with Gasteiger partial charge in [-0.2, -0.15) is 0 Å². The van der Waals surface area contributed by atoms with Crippen LogP contribution in [0.15, 0.2) is 42.9 Å². The summed E-state index contributed by atoms with van der Waals surface area (Å²) in [5.41, 5.74) is 2.39. The average Bonchev–Trinajstić information content (AvgIpc) is 3.34. The van der Waals surface area contributed by atoms with Crippen molar-refractivity contribution in [2.24, 2.45) is 0 Å². The molecule has 2 aromatic heterocycles. The Morgan fingerprint density at radius 1 is 1.17 bits per heavy atom. The van der Waals surface area contributed by atoms with Gasteiger partial charge in [-0.25, -0.2) is 0 Å². The highest BCUT2D eigenvalue weighted by molar-refractivity contribution is 7.80. The minimum absolute atomic E-state index is 0.0882. The van der Waals surface area contributed by atoms with Gasteiger partial charge in [0.05, 0.1) is 17.8 Å². The molecule has 0 aromatic carbocycles. The fourth-order valence-corrected chi connectivity index (χ4v) is 5.11. The van der Waals surface area contributed by atoms with E-state index in [2.05, 4.69) is 69.4 Å². The summed E-state index contributed by atoms with van der Waals surface area (Å²) in [6, 6.07) is 9.36. The van der Waals surface area contributed by atoms with Gasteiger partial charge in [-0.05, 0) is 75.9 Å². The van der Waals surface area contributed by atoms with Crippen LogP contribution in [-0.4, -0.2) is 51.6 Å². The molecule has 2 atom stereocenters. The fourth-order valence-electron chi connectivity index (χ4n) is 4.78. The highest BCUT2D eigenvalue weighted by Gasteiger charge is 2.39. The molecule has 2 unspecified atom stereocenters. The van der Waals surface area contributed by atoms with Crippen molar-refractivity contribution < 1.29 is 0 Å². The molecule has 6 heteroatoms. The highest BCUT2D eigenvalue weighted by Crippen LogP contribution is 2.39. The van der Waals surface area contributed by atoms with Gasteiger partial charge < -0.3 is 19.7 Å². The van der Waals surface area contributed by atoms with E-state index < -0.39 is 0 Å². The topological polar surface area (TPSA) is 36.3 Å². The number of hydrogen-bond donors (Lipinski definition) is 1. The van der Waals surface area contributed by atoms with Crippen LogP contribution < -0.4 is 5.32 Å². The molecule has 0 radical (unpaired) electrons. The maximum atomic E-state index is 5.77. The molecule has 0 bridgehead atoms. The molecule has 0 amide bonds. The van der Waals surface area contributed by atoms with Crippen molar-refractivity contribution in [2.45, 2.75) is 56.7 Å². The zero-order chi connectivity index (χ0) is 20.2. The molecular weight excluding hydrogens is 378 g/mol. The van der Waals surface area contributed by atoms with Gasteiger partial charge in [-0.1, -0.05) is 25.3 Å². The van der Waals surface area contributed by atoms with Crippen molar-refractivity contribution in [1.82, 2.24) is 24.7 Å². The van der Waals surface area contributed by atoms with E-state index in [1.54, 1.807) is 0 Å². The predicted octanol–water partition coefficient (Wildman–Crippen LogP) is 4.31. The van der Waals surface area contributed by atoms with Gasteiger partial charge in [0.25, 0.3) is 0 Å². The number of rotatable bonds is 7. The van der Waals surface area contributed by atoms with E-state index in [-0.39, 0.29) is 12.1 Å². The summed E-state index contributed by atoms with van der Waals surface area (Å²) in [5.74, 6) is 0. The molecule has 0 spiro atoms. The second-order valence-electron chi connectivity index (χ2n) is 8.66. The lowest BCUT2D eigenvalue weighted by Crippen LogP contribution is -2.32. The number of pyridine rings is 1. The molecule has 2 aromatic rings. The van der Waals surface area contributed by atoms with Gasteiger partial charge >= 0.3 is 0 Å². The largest absolute Gasteiger partial charge is 0.352 e. The summed E-state index contributed by atoms with van der Waals surface area (Å²) in [6.45, 7) is 2.01. The number of nitrogens with one attached hydrogen (secondary N) is 1. The first-order chi connectivity index (χ1) is 14.1. The molecule has 4 rings (SSSR count). The van der Waals surface area contributed by atoms with E-state index in [0.717, 1.165) is 30.3 Å². The number of aromatic nitrogens is 2. The van der Waals surface area contributed by atoms with E-state index >= 15 is 0 Å². The fraction of sp³-hybridized carbons (Fsp3) is 0.565. The average molecular weight is 412 g/mol. The SMILES string of the molecule is CN(C)CCCN1C(=S)NC(c2ccccn2)C1c1ccn(C2CCCCC2)c1. The van der Waals surface area contributed by atoms with Crippen molar-refractivity contribution in [1.29, 1.82) is 0 Å². The second-order valence-corrected chi connectivity index (χ2v) is 9.05. The first-order valence-corrected chi connectivity index (χ1v) is 11.3. The van der Waals surface area contributed by atoms with Crippen LogP contribution in [0.2, 0.25) is 0 Å². The predicted molar refractivity (Wildman–Crippen MR) is 122 cm³/mol. The van der Waals surface area contributed by atoms with E-state index in [1.165, 1.54) is 37.7 Å². The zero-order valence-corrected chi connectivity index (χ0v) is 18.4. The molecular formula is C23H33N5S. The minimum Gasteiger partial charge on any atom is -0.352 e. The van der Waals surface area contributed by atoms with Gasteiger partial charge in [0, 0.05) is 31.2 Å². The molecule has 3 heterocycles. The Balaban J connectivity index is 1.60. The molecule has 156 valence electrons. The van der Waals surface area contributed by atoms with Gasteiger partial charge in [0.1, 0.15) is 0 Å². The van der Waals surface area contributed by atoms with Crippen LogP contribution in [0.4, 0.5) is 0 Å². The molecule has 2 aliphatic rings. The van der Waals surface area contributed by atoms with E-state index in [1.807, 2.05) is 12.3 Å². The van der Waals surface area contributed by atoms with Crippen molar-refractivity contribution in [2.75, 3.05) is 27.2 Å². The summed E-state index contributed by atoms with van der Waals surface area (Å²) in [7, 11) is 4.25. The van der Waals surface area contributed by atoms with Gasteiger partial charge in [-0.3, -0.25) is 4.98 Å². The smallest absolute Gasteiger partial charge is 0.170 e. The van der Waals surface area contributed by atoms with Crippen LogP contribution in [0.25, 0.3) is 0 Å². The highest BCUT2D eigenvalue weighted by atomic mass is 32.1. The summed E-state index contributed by atoms with van der Waals surface area (Å²) in [5, 5.41) is 4.41. The van der Waals surface area contributed by atoms with Crippen molar-refractivity contribution >= 4 is 17.3 Å². The van der Waals surface area contributed by atoms with Crippen LogP contribution in [0, 0.1) is 0 Å². The Kier molecular flexibility index (Phi) is 6.50. The summed E-state index contributed by atoms with van der Waals surface area (Å²) in [6.07, 6.45) is 14.3. The first kappa shape index (κ1) is 20.4. The molecule has 1 aliphatic heterocycles. The van der Waals surface area contributed by atoms with Gasteiger partial charge in [0.15, 0.2) is 5.11 Å². The standard InChI is InChI=1S/C23H33N5S/c1-26(2)14-8-15-28-22(21(25-23(28)29)20-11-6-7-13-24-20)18-12-16-27(17-18)19-9-4-3-5-10-19/h6-7,11-13,16-17,19,21-22H,3-5,8-10,14-15H2,1-2H3,(H,25,29). The van der Waals surface area contributed by atoms with E-state index in [9.17, 15) is 0 Å². The number of nitrogens with zero attached hydrogens (tertiary/aromatic N) is 4. The number of thiocarbonyl (C=S) groups is 1. The third-order valence-corrected chi connectivity index (χ3v) is 6.63. The van der Waals surface area contributed by atoms with Gasteiger partial charge in [0.2, 0.25) is 0 Å². The lowest BCUT2D eigenvalue weighted by molar-refractivity contribution is 0.292. The van der Waals surface area contributed by atoms with Gasteiger partial charge in [-0.15, -0.1) is 0 Å². The number of hydrogen-bond acceptors (Lipinski definition) is 3. The third-order valence-electron chi connectivity index (χ3n) is 6.28. The third kappa shape index (κ3) is 4.64. The Labute approximate surface area is 180 Å². The van der Waals surface area contributed by atoms with Crippen molar-refractivity contribution in [3.05, 3.63) is 54.1 Å². The molecule has 29 heavy (non-hydrogen) atoms. The summed E-state index contributed by atoms with van der Waals surface area (Å²) < 4.78 is 2.45. The Morgan fingerprint density at radius 3 is 2.72 bits per heavy atom. The summed E-state index contributed by atoms with van der Waals surface area (Å²) >= 11 is 5.77. The van der Waals surface area contributed by atoms with Crippen LogP contribution >= 0.6 is 12.2 Å². The molecule has 1 saturated heterocycles. The molecule has 1 N–H and O–H groups in total. The summed E-state index contributed by atoms with van der Waals surface area (Å²) in [4.78, 5) is 9.25. The van der Waals surface area contributed by atoms with Crippen molar-refractivity contribution in [3.8, 4) is 0 Å². The first-order valence-electron chi connectivity index (χ1n) is 10.9. The lowest BCUT2D eigenvalue weighted by atomic mass is 9.95. The molecule has 1 saturated carbocycles. The van der Waals surface area contributed by atoms with E-state index in [4.69, 9.17) is 12.2 Å². The Hall–Kier alpha value is -1.92. The quantitative estimate of drug-likeness (QED) is 0.687. The Morgan fingerprint density at radius 2 is 2.00 bits per heavy atom. The van der Waals surface area contributed by atoms with Crippen LogP contribution in [0.1, 0.15) is 67.9 Å². The van der Waals surface area contributed by atoms with E-state index in [0.29, 0.717) is 6.04 Å². The van der Waals surface area contributed by atoms with Crippen LogP contribution in [0.5, 0.6) is 0 Å². The Bertz CT molecular complexity index is 797. The van der Waals surface area contributed by atoms with Crippen LogP contribution in [-0.2, 0) is 0 Å². The molecule has 2 fully saturated rings. The minimum atomic E-state index is 0.0882. The molecule has 5 nitrogen and oxygen atoms in total.